The van der Waals surface area contributed by atoms with Crippen molar-refractivity contribution in [3.63, 3.8) is 0 Å². The molecule has 4 nitrogen and oxygen atoms in total. The Bertz CT molecular complexity index is 3060. The SMILES string of the molecule is CN(c1ccccc1)c1cc(N(c2ccccc2)c2ccc(-n3c4ccccc4c4ccccc43)cc2)cc2c1B(c1ccccc1)c1ccccc1N2c1ccccc1. The first-order valence-electron chi connectivity index (χ1n) is 20.6. The Labute approximate surface area is 351 Å². The third-order valence-electron chi connectivity index (χ3n) is 12.0. The van der Waals surface area contributed by atoms with Crippen LogP contribution in [0.25, 0.3) is 27.5 Å². The fourth-order valence-electron chi connectivity index (χ4n) is 9.33. The van der Waals surface area contributed by atoms with Crippen molar-refractivity contribution in [1.82, 2.24) is 4.57 Å². The summed E-state index contributed by atoms with van der Waals surface area (Å²) in [5.41, 5.74) is 16.2. The van der Waals surface area contributed by atoms with E-state index >= 15 is 0 Å². The molecule has 0 bridgehead atoms. The lowest BCUT2D eigenvalue weighted by molar-refractivity contribution is 1.17. The van der Waals surface area contributed by atoms with E-state index in [9.17, 15) is 0 Å². The summed E-state index contributed by atoms with van der Waals surface area (Å²) in [4.78, 5) is 7.23. The molecule has 0 amide bonds. The van der Waals surface area contributed by atoms with Gasteiger partial charge in [0, 0.05) is 63.3 Å². The maximum atomic E-state index is 2.46. The Morgan fingerprint density at radius 3 is 1.57 bits per heavy atom. The van der Waals surface area contributed by atoms with Crippen molar-refractivity contribution in [2.45, 2.75) is 0 Å². The van der Waals surface area contributed by atoms with Gasteiger partial charge in [0.2, 0.25) is 6.71 Å². The first-order valence-corrected chi connectivity index (χ1v) is 20.6. The molecule has 0 atom stereocenters. The van der Waals surface area contributed by atoms with Crippen molar-refractivity contribution >= 4 is 90.4 Å². The van der Waals surface area contributed by atoms with Gasteiger partial charge in [-0.2, -0.15) is 0 Å². The summed E-state index contributed by atoms with van der Waals surface area (Å²) in [6, 6.07) is 83.5. The highest BCUT2D eigenvalue weighted by Crippen LogP contribution is 2.45. The third kappa shape index (κ3) is 5.94. The van der Waals surface area contributed by atoms with Gasteiger partial charge in [-0.25, -0.2) is 0 Å². The molecule has 0 radical (unpaired) electrons. The molecule has 11 rings (SSSR count). The molecule has 5 heteroatoms. The molecule has 9 aromatic carbocycles. The van der Waals surface area contributed by atoms with Crippen LogP contribution in [0.2, 0.25) is 0 Å². The number of hydrogen-bond acceptors (Lipinski definition) is 3. The molecule has 2 heterocycles. The summed E-state index contributed by atoms with van der Waals surface area (Å²) in [7, 11) is 2.21. The fourth-order valence-corrected chi connectivity index (χ4v) is 9.33. The van der Waals surface area contributed by atoms with Crippen LogP contribution in [0.1, 0.15) is 0 Å². The lowest BCUT2D eigenvalue weighted by Crippen LogP contribution is -2.58. The van der Waals surface area contributed by atoms with E-state index in [0.717, 1.165) is 45.5 Å². The van der Waals surface area contributed by atoms with Crippen LogP contribution in [-0.4, -0.2) is 18.3 Å². The van der Waals surface area contributed by atoms with E-state index < -0.39 is 0 Å². The molecule has 1 aromatic heterocycles. The van der Waals surface area contributed by atoms with Crippen LogP contribution in [0.4, 0.5) is 45.5 Å². The summed E-state index contributed by atoms with van der Waals surface area (Å²) >= 11 is 0. The summed E-state index contributed by atoms with van der Waals surface area (Å²) in [5, 5.41) is 2.51. The molecule has 0 saturated heterocycles. The molecule has 10 aromatic rings. The van der Waals surface area contributed by atoms with Crippen molar-refractivity contribution in [1.29, 1.82) is 0 Å². The van der Waals surface area contributed by atoms with Crippen molar-refractivity contribution in [2.24, 2.45) is 0 Å². The van der Waals surface area contributed by atoms with Crippen LogP contribution in [0.15, 0.2) is 231 Å². The predicted octanol–water partition coefficient (Wildman–Crippen LogP) is 12.3. The molecule has 0 saturated carbocycles. The number of benzene rings is 9. The number of anilines is 8. The number of nitrogens with zero attached hydrogens (tertiary/aromatic N) is 4. The Morgan fingerprint density at radius 1 is 0.400 bits per heavy atom. The molecule has 60 heavy (non-hydrogen) atoms. The average molecular weight is 769 g/mol. The Kier molecular flexibility index (Phi) is 8.78. The molecular weight excluding hydrogens is 727 g/mol. The molecule has 0 N–H and O–H groups in total. The minimum atomic E-state index is -0.0109. The summed E-state index contributed by atoms with van der Waals surface area (Å²) in [6.45, 7) is -0.0109. The zero-order chi connectivity index (χ0) is 40.0. The van der Waals surface area contributed by atoms with Crippen LogP contribution in [0, 0.1) is 0 Å². The molecular formula is C55H41BN4. The van der Waals surface area contributed by atoms with Crippen LogP contribution in [-0.2, 0) is 0 Å². The van der Waals surface area contributed by atoms with E-state index in [1.807, 2.05) is 0 Å². The summed E-state index contributed by atoms with van der Waals surface area (Å²) in [6.07, 6.45) is 0. The molecule has 1 aliphatic heterocycles. The number of para-hydroxylation sites is 6. The van der Waals surface area contributed by atoms with Gasteiger partial charge in [0.05, 0.1) is 16.7 Å². The second kappa shape index (κ2) is 14.9. The van der Waals surface area contributed by atoms with E-state index in [-0.39, 0.29) is 6.71 Å². The van der Waals surface area contributed by atoms with Gasteiger partial charge in [-0.15, -0.1) is 0 Å². The van der Waals surface area contributed by atoms with E-state index in [0.29, 0.717) is 0 Å². The number of hydrogen-bond donors (Lipinski definition) is 0. The Balaban J connectivity index is 1.17. The maximum Gasteiger partial charge on any atom is 0.249 e. The molecule has 0 fully saturated rings. The van der Waals surface area contributed by atoms with Crippen molar-refractivity contribution < 1.29 is 0 Å². The van der Waals surface area contributed by atoms with E-state index in [4.69, 9.17) is 0 Å². The Hall–Kier alpha value is -7.76. The molecule has 1 aliphatic rings. The smallest absolute Gasteiger partial charge is 0.249 e. The highest BCUT2D eigenvalue weighted by molar-refractivity contribution is 6.99. The van der Waals surface area contributed by atoms with Crippen molar-refractivity contribution in [3.8, 4) is 5.69 Å². The molecule has 0 unspecified atom stereocenters. The molecule has 284 valence electrons. The second-order valence-electron chi connectivity index (χ2n) is 15.4. The monoisotopic (exact) mass is 768 g/mol. The van der Waals surface area contributed by atoms with Gasteiger partial charge >= 0.3 is 0 Å². The van der Waals surface area contributed by atoms with E-state index in [1.165, 1.54) is 43.9 Å². The third-order valence-corrected chi connectivity index (χ3v) is 12.0. The zero-order valence-corrected chi connectivity index (χ0v) is 33.3. The van der Waals surface area contributed by atoms with Gasteiger partial charge in [-0.3, -0.25) is 0 Å². The van der Waals surface area contributed by atoms with Gasteiger partial charge in [-0.05, 0) is 102 Å². The normalized spacial score (nSPS) is 12.0. The van der Waals surface area contributed by atoms with Crippen LogP contribution in [0.5, 0.6) is 0 Å². The number of fused-ring (bicyclic) bond motifs is 5. The minimum Gasteiger partial charge on any atom is -0.345 e. The topological polar surface area (TPSA) is 14.7 Å². The summed E-state index contributed by atoms with van der Waals surface area (Å²) < 4.78 is 2.38. The van der Waals surface area contributed by atoms with Gasteiger partial charge in [0.1, 0.15) is 0 Å². The van der Waals surface area contributed by atoms with Gasteiger partial charge in [0.15, 0.2) is 0 Å². The van der Waals surface area contributed by atoms with Gasteiger partial charge in [0.25, 0.3) is 0 Å². The summed E-state index contributed by atoms with van der Waals surface area (Å²) in [5.74, 6) is 0. The molecule has 0 spiro atoms. The van der Waals surface area contributed by atoms with Gasteiger partial charge < -0.3 is 19.3 Å². The van der Waals surface area contributed by atoms with Crippen LogP contribution < -0.4 is 31.1 Å². The largest absolute Gasteiger partial charge is 0.345 e. The van der Waals surface area contributed by atoms with Crippen molar-refractivity contribution in [2.75, 3.05) is 21.7 Å². The van der Waals surface area contributed by atoms with Crippen LogP contribution >= 0.6 is 0 Å². The van der Waals surface area contributed by atoms with E-state index in [2.05, 4.69) is 257 Å². The highest BCUT2D eigenvalue weighted by atomic mass is 15.2. The average Bonchev–Trinajstić information content (AvgIpc) is 3.66. The lowest BCUT2D eigenvalue weighted by Gasteiger charge is -2.40. The predicted molar refractivity (Wildman–Crippen MR) is 256 cm³/mol. The lowest BCUT2D eigenvalue weighted by atomic mass is 9.34. The first kappa shape index (κ1) is 35.4. The standard InChI is InChI=1S/C55H41BN4/c1-57(41-22-8-3-9-23-41)53-38-46(39-54-55(53)56(40-20-6-2-7-21-40)49-30-16-19-33-52(49)60(54)43-26-12-5-13-27-43)58(42-24-10-4-11-25-42)44-34-36-45(37-35-44)59-50-31-17-14-28-47(50)48-29-15-18-32-51(48)59/h2-39H,1H3. The first-order chi connectivity index (χ1) is 29.7. The van der Waals surface area contributed by atoms with Crippen LogP contribution in [0.3, 0.4) is 0 Å². The zero-order valence-electron chi connectivity index (χ0n) is 33.3. The minimum absolute atomic E-state index is 0.0109. The second-order valence-corrected chi connectivity index (χ2v) is 15.4. The Morgan fingerprint density at radius 2 is 0.917 bits per heavy atom. The number of rotatable bonds is 8. The van der Waals surface area contributed by atoms with Crippen molar-refractivity contribution in [3.05, 3.63) is 231 Å². The number of aromatic nitrogens is 1. The maximum absolute atomic E-state index is 2.46. The fraction of sp³-hybridized carbons (Fsp3) is 0.0182. The molecule has 0 aliphatic carbocycles. The van der Waals surface area contributed by atoms with Gasteiger partial charge in [-0.1, -0.05) is 145 Å². The quantitative estimate of drug-likeness (QED) is 0.143. The highest BCUT2D eigenvalue weighted by Gasteiger charge is 2.38. The van der Waals surface area contributed by atoms with E-state index in [1.54, 1.807) is 0 Å².